The van der Waals surface area contributed by atoms with Crippen molar-refractivity contribution in [1.29, 1.82) is 0 Å². The smallest absolute Gasteiger partial charge is 0.278 e. The summed E-state index contributed by atoms with van der Waals surface area (Å²) in [6.45, 7) is 0. The minimum atomic E-state index is -3.60. The number of fused-ring (bicyclic) bond motifs is 2. The molecule has 0 saturated carbocycles. The number of imidazole rings is 1. The maximum atomic E-state index is 12.9. The lowest BCUT2D eigenvalue weighted by atomic mass is 9.90. The molecule has 0 unspecified atom stereocenters. The average molecular weight is 453 g/mol. The van der Waals surface area contributed by atoms with Crippen LogP contribution in [0.3, 0.4) is 0 Å². The van der Waals surface area contributed by atoms with E-state index < -0.39 is 15.7 Å². The molecule has 158 valence electrons. The van der Waals surface area contributed by atoms with Crippen LogP contribution in [0.5, 0.6) is 0 Å². The Balaban J connectivity index is 1.43. The molecule has 1 amide bonds. The Morgan fingerprint density at radius 2 is 1.90 bits per heavy atom. The van der Waals surface area contributed by atoms with Gasteiger partial charge >= 0.3 is 0 Å². The van der Waals surface area contributed by atoms with Gasteiger partial charge in [-0.15, -0.1) is 11.3 Å². The van der Waals surface area contributed by atoms with E-state index in [2.05, 4.69) is 33.5 Å². The van der Waals surface area contributed by atoms with Gasteiger partial charge in [-0.3, -0.25) is 14.5 Å². The van der Waals surface area contributed by atoms with Crippen molar-refractivity contribution in [2.45, 2.75) is 30.8 Å². The minimum absolute atomic E-state index is 0.0477. The highest BCUT2D eigenvalue weighted by Crippen LogP contribution is 2.30. The number of aryl methyl sites for hydroxylation is 2. The first-order chi connectivity index (χ1) is 14.9. The van der Waals surface area contributed by atoms with Gasteiger partial charge in [-0.25, -0.2) is 18.4 Å². The topological polar surface area (TPSA) is 93.4 Å². The van der Waals surface area contributed by atoms with Crippen LogP contribution in [-0.4, -0.2) is 34.9 Å². The molecule has 1 aliphatic carbocycles. The van der Waals surface area contributed by atoms with Gasteiger partial charge in [-0.2, -0.15) is 0 Å². The zero-order valence-corrected chi connectivity index (χ0v) is 18.5. The van der Waals surface area contributed by atoms with Crippen molar-refractivity contribution in [2.75, 3.05) is 11.6 Å². The summed E-state index contributed by atoms with van der Waals surface area (Å²) in [5, 5.41) is 4.95. The lowest BCUT2D eigenvalue weighted by Gasteiger charge is -2.16. The van der Waals surface area contributed by atoms with Crippen molar-refractivity contribution >= 4 is 37.7 Å². The number of benzene rings is 1. The quantitative estimate of drug-likeness (QED) is 0.505. The number of hydrogen-bond donors (Lipinski definition) is 1. The standard InChI is InChI=1S/C22H20N4O3S2/c1-31(28,29)22-24-19(18-8-4-5-11-26(18)22)20(27)25-21-23-17(13-30-21)16-10-9-14-6-2-3-7-15(14)12-16/h4-5,8-13H,2-3,6-7H2,1H3,(H,23,25,27). The average Bonchev–Trinajstić information content (AvgIpc) is 3.38. The molecule has 1 aromatic carbocycles. The van der Waals surface area contributed by atoms with Crippen LogP contribution in [0.25, 0.3) is 16.8 Å². The molecular formula is C22H20N4O3S2. The van der Waals surface area contributed by atoms with Gasteiger partial charge in [-0.05, 0) is 55.0 Å². The molecule has 3 heterocycles. The Bertz CT molecular complexity index is 1420. The molecule has 0 fully saturated rings. The van der Waals surface area contributed by atoms with E-state index in [1.54, 1.807) is 24.4 Å². The van der Waals surface area contributed by atoms with Crippen LogP contribution < -0.4 is 5.32 Å². The van der Waals surface area contributed by atoms with Gasteiger partial charge in [0.05, 0.1) is 11.2 Å². The SMILES string of the molecule is CS(=O)(=O)c1nc(C(=O)Nc2nc(-c3ccc4c(c3)CCCC4)cs2)c2ccccn12. The van der Waals surface area contributed by atoms with Gasteiger partial charge in [0.1, 0.15) is 0 Å². The fourth-order valence-corrected chi connectivity index (χ4v) is 5.44. The number of nitrogens with one attached hydrogen (secondary N) is 1. The number of hydrogen-bond acceptors (Lipinski definition) is 6. The first kappa shape index (κ1) is 19.9. The van der Waals surface area contributed by atoms with Gasteiger partial charge in [0.15, 0.2) is 10.8 Å². The summed E-state index contributed by atoms with van der Waals surface area (Å²) < 4.78 is 25.6. The van der Waals surface area contributed by atoms with E-state index in [1.165, 1.54) is 39.7 Å². The molecule has 0 spiro atoms. The Morgan fingerprint density at radius 1 is 1.10 bits per heavy atom. The van der Waals surface area contributed by atoms with Gasteiger partial charge < -0.3 is 0 Å². The highest BCUT2D eigenvalue weighted by Gasteiger charge is 2.23. The van der Waals surface area contributed by atoms with Crippen LogP contribution in [0.1, 0.15) is 34.5 Å². The van der Waals surface area contributed by atoms with Crippen molar-refractivity contribution < 1.29 is 13.2 Å². The van der Waals surface area contributed by atoms with Crippen LogP contribution in [-0.2, 0) is 22.7 Å². The van der Waals surface area contributed by atoms with Crippen molar-refractivity contribution in [3.8, 4) is 11.3 Å². The number of nitrogens with zero attached hydrogens (tertiary/aromatic N) is 3. The highest BCUT2D eigenvalue weighted by atomic mass is 32.2. The summed E-state index contributed by atoms with van der Waals surface area (Å²) >= 11 is 1.33. The second-order valence-electron chi connectivity index (χ2n) is 7.65. The fourth-order valence-electron chi connectivity index (χ4n) is 3.95. The van der Waals surface area contributed by atoms with Gasteiger partial charge in [0, 0.05) is 23.4 Å². The fraction of sp³-hybridized carbons (Fsp3) is 0.227. The number of carbonyl (C=O) groups is 1. The Morgan fingerprint density at radius 3 is 2.71 bits per heavy atom. The number of sulfone groups is 1. The number of rotatable bonds is 4. The van der Waals surface area contributed by atoms with Crippen LogP contribution in [0.4, 0.5) is 5.13 Å². The zero-order chi connectivity index (χ0) is 21.6. The number of carbonyl (C=O) groups excluding carboxylic acids is 1. The Labute approximate surface area is 183 Å². The van der Waals surface area contributed by atoms with Crippen molar-refractivity contribution in [3.05, 3.63) is 64.8 Å². The van der Waals surface area contributed by atoms with E-state index in [-0.39, 0.29) is 10.9 Å². The molecule has 0 bridgehead atoms. The summed E-state index contributed by atoms with van der Waals surface area (Å²) in [4.78, 5) is 21.6. The summed E-state index contributed by atoms with van der Waals surface area (Å²) in [5.74, 6) is -0.495. The van der Waals surface area contributed by atoms with Crippen LogP contribution in [0.15, 0.2) is 53.1 Å². The lowest BCUT2D eigenvalue weighted by molar-refractivity contribution is 0.102. The number of amides is 1. The van der Waals surface area contributed by atoms with E-state index in [1.807, 2.05) is 5.38 Å². The van der Waals surface area contributed by atoms with E-state index in [9.17, 15) is 13.2 Å². The number of anilines is 1. The zero-order valence-electron chi connectivity index (χ0n) is 16.8. The van der Waals surface area contributed by atoms with Crippen molar-refractivity contribution in [1.82, 2.24) is 14.4 Å². The van der Waals surface area contributed by atoms with Crippen molar-refractivity contribution in [2.24, 2.45) is 0 Å². The van der Waals surface area contributed by atoms with E-state index >= 15 is 0 Å². The maximum Gasteiger partial charge on any atom is 0.278 e. The van der Waals surface area contributed by atoms with Gasteiger partial charge in [-0.1, -0.05) is 18.2 Å². The lowest BCUT2D eigenvalue weighted by Crippen LogP contribution is -2.13. The molecule has 9 heteroatoms. The third-order valence-corrected chi connectivity index (χ3v) is 7.14. The molecule has 0 radical (unpaired) electrons. The monoisotopic (exact) mass is 452 g/mol. The third kappa shape index (κ3) is 3.75. The highest BCUT2D eigenvalue weighted by molar-refractivity contribution is 7.90. The molecule has 0 saturated heterocycles. The molecule has 0 aliphatic heterocycles. The molecule has 4 aromatic rings. The second-order valence-corrected chi connectivity index (χ2v) is 10.4. The summed E-state index contributed by atoms with van der Waals surface area (Å²) in [6.07, 6.45) is 7.32. The van der Waals surface area contributed by atoms with E-state index in [4.69, 9.17) is 0 Å². The predicted octanol–water partition coefficient (Wildman–Crippen LogP) is 3.99. The molecule has 1 aliphatic rings. The van der Waals surface area contributed by atoms with Crippen LogP contribution in [0.2, 0.25) is 0 Å². The van der Waals surface area contributed by atoms with Gasteiger partial charge in [0.2, 0.25) is 15.0 Å². The third-order valence-electron chi connectivity index (χ3n) is 5.43. The molecule has 3 aromatic heterocycles. The number of aromatic nitrogens is 3. The van der Waals surface area contributed by atoms with Crippen molar-refractivity contribution in [3.63, 3.8) is 0 Å². The van der Waals surface area contributed by atoms with Crippen LogP contribution >= 0.6 is 11.3 Å². The van der Waals surface area contributed by atoms with Crippen LogP contribution in [0, 0.1) is 0 Å². The van der Waals surface area contributed by atoms with Gasteiger partial charge in [0.25, 0.3) is 5.91 Å². The second kappa shape index (κ2) is 7.58. The van der Waals surface area contributed by atoms with E-state index in [0.717, 1.165) is 30.4 Å². The number of thiazole rings is 1. The molecule has 0 atom stereocenters. The molecule has 31 heavy (non-hydrogen) atoms. The largest absolute Gasteiger partial charge is 0.296 e. The summed E-state index contributed by atoms with van der Waals surface area (Å²) in [7, 11) is -3.60. The predicted molar refractivity (Wildman–Crippen MR) is 120 cm³/mol. The normalized spacial score (nSPS) is 13.8. The summed E-state index contributed by atoms with van der Waals surface area (Å²) in [6, 6.07) is 11.5. The first-order valence-electron chi connectivity index (χ1n) is 9.96. The maximum absolute atomic E-state index is 12.9. The Kier molecular flexibility index (Phi) is 4.86. The number of pyridine rings is 1. The molecule has 1 N–H and O–H groups in total. The molecule has 5 rings (SSSR count). The molecular weight excluding hydrogens is 432 g/mol. The summed E-state index contributed by atoms with van der Waals surface area (Å²) in [5.41, 5.74) is 5.09. The molecule has 7 nitrogen and oxygen atoms in total. The minimum Gasteiger partial charge on any atom is -0.296 e. The Hall–Kier alpha value is -3.04. The van der Waals surface area contributed by atoms with E-state index in [0.29, 0.717) is 10.6 Å². The first-order valence-corrected chi connectivity index (χ1v) is 12.7.